The topological polar surface area (TPSA) is 45.9 Å². The number of rotatable bonds is 7. The van der Waals surface area contributed by atoms with E-state index >= 15 is 0 Å². The van der Waals surface area contributed by atoms with Crippen LogP contribution < -0.4 is 0 Å². The number of ether oxygens (including phenoxy) is 1. The van der Waals surface area contributed by atoms with Crippen LogP contribution in [-0.4, -0.2) is 17.7 Å². The first kappa shape index (κ1) is 16.0. The van der Waals surface area contributed by atoms with E-state index in [2.05, 4.69) is 30.1 Å². The lowest BCUT2D eigenvalue weighted by molar-refractivity contribution is -0.0116. The quantitative estimate of drug-likeness (QED) is 0.708. The van der Waals surface area contributed by atoms with Crippen molar-refractivity contribution in [2.45, 2.75) is 58.0 Å². The highest BCUT2D eigenvalue weighted by atomic mass is 16.5. The van der Waals surface area contributed by atoms with E-state index in [1.165, 1.54) is 24.8 Å². The fraction of sp³-hybridized carbons (Fsp3) is 0.667. The minimum atomic E-state index is 0.0963. The zero-order valence-electron chi connectivity index (χ0n) is 13.0. The first-order chi connectivity index (χ1) is 10.3. The van der Waals surface area contributed by atoms with Gasteiger partial charge in [0.05, 0.1) is 18.1 Å². The Hall–Kier alpha value is -1.40. The molecule has 0 spiro atoms. The van der Waals surface area contributed by atoms with Gasteiger partial charge in [-0.3, -0.25) is 4.98 Å². The molecule has 3 heteroatoms. The highest BCUT2D eigenvalue weighted by molar-refractivity contribution is 5.09. The van der Waals surface area contributed by atoms with Gasteiger partial charge in [-0.25, -0.2) is 0 Å². The Morgan fingerprint density at radius 2 is 2.14 bits per heavy atom. The molecule has 0 aliphatic heterocycles. The lowest BCUT2D eigenvalue weighted by atomic mass is 9.78. The van der Waals surface area contributed by atoms with Gasteiger partial charge in [-0.05, 0) is 55.7 Å². The van der Waals surface area contributed by atoms with Crippen molar-refractivity contribution in [2.24, 2.45) is 11.8 Å². The summed E-state index contributed by atoms with van der Waals surface area (Å²) in [5.74, 6) is 0.851. The average molecular weight is 286 g/mol. The molecule has 0 radical (unpaired) electrons. The van der Waals surface area contributed by atoms with Crippen LogP contribution in [0.2, 0.25) is 0 Å². The van der Waals surface area contributed by atoms with E-state index in [0.717, 1.165) is 38.2 Å². The molecule has 0 N–H and O–H groups in total. The van der Waals surface area contributed by atoms with Gasteiger partial charge in [0.2, 0.25) is 0 Å². The van der Waals surface area contributed by atoms with Crippen molar-refractivity contribution in [1.29, 1.82) is 5.26 Å². The minimum absolute atomic E-state index is 0.0963. The molecule has 1 aromatic rings. The summed E-state index contributed by atoms with van der Waals surface area (Å²) in [4.78, 5) is 4.03. The summed E-state index contributed by atoms with van der Waals surface area (Å²) in [5, 5.41) is 9.28. The third-order valence-electron chi connectivity index (χ3n) is 4.45. The molecule has 1 fully saturated rings. The summed E-state index contributed by atoms with van der Waals surface area (Å²) in [6, 6.07) is 6.55. The van der Waals surface area contributed by atoms with Gasteiger partial charge in [0.1, 0.15) is 0 Å². The molecule has 3 nitrogen and oxygen atoms in total. The van der Waals surface area contributed by atoms with E-state index in [9.17, 15) is 5.26 Å². The van der Waals surface area contributed by atoms with Gasteiger partial charge in [-0.2, -0.15) is 5.26 Å². The predicted molar refractivity (Wildman–Crippen MR) is 83.7 cm³/mol. The Morgan fingerprint density at radius 3 is 2.86 bits per heavy atom. The van der Waals surface area contributed by atoms with Crippen molar-refractivity contribution in [2.75, 3.05) is 6.61 Å². The maximum Gasteiger partial charge on any atom is 0.0735 e. The molecule has 1 saturated carbocycles. The second kappa shape index (κ2) is 8.79. The van der Waals surface area contributed by atoms with Crippen LogP contribution in [0.4, 0.5) is 0 Å². The highest BCUT2D eigenvalue weighted by Gasteiger charge is 2.30. The first-order valence-electron chi connectivity index (χ1n) is 8.23. The van der Waals surface area contributed by atoms with Crippen LogP contribution in [0.3, 0.4) is 0 Å². The number of hydrogen-bond donors (Lipinski definition) is 0. The van der Waals surface area contributed by atoms with Gasteiger partial charge in [-0.1, -0.05) is 19.8 Å². The van der Waals surface area contributed by atoms with E-state index in [0.29, 0.717) is 0 Å². The molecule has 3 unspecified atom stereocenters. The number of hydrogen-bond acceptors (Lipinski definition) is 3. The Labute approximate surface area is 128 Å². The van der Waals surface area contributed by atoms with Crippen LogP contribution in [0.25, 0.3) is 0 Å². The van der Waals surface area contributed by atoms with E-state index in [4.69, 9.17) is 4.74 Å². The fourth-order valence-corrected chi connectivity index (χ4v) is 3.27. The molecule has 0 saturated heterocycles. The summed E-state index contributed by atoms with van der Waals surface area (Å²) in [7, 11) is 0. The molecule has 1 aromatic heterocycles. The van der Waals surface area contributed by atoms with Gasteiger partial charge < -0.3 is 4.74 Å². The summed E-state index contributed by atoms with van der Waals surface area (Å²) < 4.78 is 6.05. The molecule has 2 rings (SSSR count). The number of aryl methyl sites for hydroxylation is 1. The molecule has 1 aliphatic rings. The lowest BCUT2D eigenvalue weighted by Gasteiger charge is -2.32. The van der Waals surface area contributed by atoms with Gasteiger partial charge in [0.15, 0.2) is 0 Å². The van der Waals surface area contributed by atoms with Crippen LogP contribution in [-0.2, 0) is 11.2 Å². The van der Waals surface area contributed by atoms with Gasteiger partial charge in [0, 0.05) is 19.0 Å². The smallest absolute Gasteiger partial charge is 0.0735 e. The maximum atomic E-state index is 9.28. The van der Waals surface area contributed by atoms with Crippen molar-refractivity contribution in [1.82, 2.24) is 4.98 Å². The molecule has 114 valence electrons. The van der Waals surface area contributed by atoms with Crippen LogP contribution >= 0.6 is 0 Å². The SMILES string of the molecule is CCCC1CCC(C#N)C(OCCCc2ccncc2)C1. The summed E-state index contributed by atoms with van der Waals surface area (Å²) in [6.07, 6.45) is 11.6. The summed E-state index contributed by atoms with van der Waals surface area (Å²) >= 11 is 0. The number of aromatic nitrogens is 1. The van der Waals surface area contributed by atoms with Crippen molar-refractivity contribution in [3.05, 3.63) is 30.1 Å². The zero-order valence-corrected chi connectivity index (χ0v) is 13.0. The molecule has 1 aliphatic carbocycles. The fourth-order valence-electron chi connectivity index (χ4n) is 3.27. The van der Waals surface area contributed by atoms with Crippen molar-refractivity contribution >= 4 is 0 Å². The molecule has 1 heterocycles. The van der Waals surface area contributed by atoms with Crippen LogP contribution in [0.1, 0.15) is 51.0 Å². The molecular formula is C18H26N2O. The van der Waals surface area contributed by atoms with E-state index in [1.807, 2.05) is 12.4 Å². The normalized spacial score (nSPS) is 25.4. The molecule has 3 atom stereocenters. The number of nitrogens with zero attached hydrogens (tertiary/aromatic N) is 2. The van der Waals surface area contributed by atoms with E-state index in [1.54, 1.807) is 0 Å². The molecular weight excluding hydrogens is 260 g/mol. The van der Waals surface area contributed by atoms with Gasteiger partial charge >= 0.3 is 0 Å². The first-order valence-corrected chi connectivity index (χ1v) is 8.23. The third-order valence-corrected chi connectivity index (χ3v) is 4.45. The van der Waals surface area contributed by atoms with Crippen LogP contribution in [0.5, 0.6) is 0 Å². The Bertz CT molecular complexity index is 440. The second-order valence-electron chi connectivity index (χ2n) is 6.07. The molecule has 21 heavy (non-hydrogen) atoms. The summed E-state index contributed by atoms with van der Waals surface area (Å²) in [5.41, 5.74) is 1.30. The molecule has 0 amide bonds. The zero-order chi connectivity index (χ0) is 14.9. The Morgan fingerprint density at radius 1 is 1.33 bits per heavy atom. The minimum Gasteiger partial charge on any atom is -0.377 e. The van der Waals surface area contributed by atoms with Crippen molar-refractivity contribution in [3.8, 4) is 6.07 Å². The van der Waals surface area contributed by atoms with E-state index in [-0.39, 0.29) is 12.0 Å². The lowest BCUT2D eigenvalue weighted by Crippen LogP contribution is -2.31. The average Bonchev–Trinajstić information content (AvgIpc) is 2.53. The van der Waals surface area contributed by atoms with Crippen molar-refractivity contribution < 1.29 is 4.74 Å². The maximum absolute atomic E-state index is 9.28. The predicted octanol–water partition coefficient (Wildman–Crippen LogP) is 4.14. The number of pyridine rings is 1. The largest absolute Gasteiger partial charge is 0.377 e. The number of nitriles is 1. The van der Waals surface area contributed by atoms with Crippen LogP contribution in [0.15, 0.2) is 24.5 Å². The van der Waals surface area contributed by atoms with Gasteiger partial charge in [0.25, 0.3) is 0 Å². The van der Waals surface area contributed by atoms with E-state index < -0.39 is 0 Å². The summed E-state index contributed by atoms with van der Waals surface area (Å²) in [6.45, 7) is 2.99. The van der Waals surface area contributed by atoms with Crippen LogP contribution in [0, 0.1) is 23.2 Å². The third kappa shape index (κ3) is 5.13. The standard InChI is InChI=1S/C18H26N2O/c1-2-4-16-6-7-17(14-19)18(13-16)21-12-3-5-15-8-10-20-11-9-15/h8-11,16-18H,2-7,12-13H2,1H3. The Balaban J connectivity index is 1.73. The second-order valence-corrected chi connectivity index (χ2v) is 6.07. The molecule has 0 bridgehead atoms. The molecule has 0 aromatic carbocycles. The Kier molecular flexibility index (Phi) is 6.69. The highest BCUT2D eigenvalue weighted by Crippen LogP contribution is 2.33. The monoisotopic (exact) mass is 286 g/mol. The van der Waals surface area contributed by atoms with Gasteiger partial charge in [-0.15, -0.1) is 0 Å². The van der Waals surface area contributed by atoms with Crippen molar-refractivity contribution in [3.63, 3.8) is 0 Å².